The normalized spacial score (nSPS) is 14.9. The van der Waals surface area contributed by atoms with E-state index in [4.69, 9.17) is 4.74 Å². The second-order valence-corrected chi connectivity index (χ2v) is 6.77. The topological polar surface area (TPSA) is 74.8 Å². The molecule has 0 unspecified atom stereocenters. The fourth-order valence-corrected chi connectivity index (χ4v) is 3.29. The maximum absolute atomic E-state index is 12.0. The number of aliphatic imine (C=N–C) groups is 1. The number of nitrogens with one attached hydrogen (secondary N) is 3. The molecule has 6 nitrogen and oxygen atoms in total. The predicted octanol–water partition coefficient (Wildman–Crippen LogP) is 2.45. The van der Waals surface area contributed by atoms with Gasteiger partial charge in [0.15, 0.2) is 5.96 Å². The maximum Gasteiger partial charge on any atom is 0.239 e. The fraction of sp³-hybridized carbons (Fsp3) is 0.600. The van der Waals surface area contributed by atoms with Gasteiger partial charge in [0.1, 0.15) is 5.75 Å². The van der Waals surface area contributed by atoms with Crippen LogP contribution in [0.15, 0.2) is 29.3 Å². The van der Waals surface area contributed by atoms with Gasteiger partial charge in [-0.1, -0.05) is 37.8 Å². The van der Waals surface area contributed by atoms with Gasteiger partial charge in [0.25, 0.3) is 0 Å². The summed E-state index contributed by atoms with van der Waals surface area (Å²) in [6.07, 6.45) is 8.00. The molecule has 3 N–H and O–H groups in total. The van der Waals surface area contributed by atoms with Crippen LogP contribution >= 0.6 is 0 Å². The molecule has 0 aromatic heterocycles. The number of nitrogens with zero attached hydrogens (tertiary/aromatic N) is 1. The van der Waals surface area contributed by atoms with Crippen LogP contribution in [-0.4, -0.2) is 39.1 Å². The van der Waals surface area contributed by atoms with Crippen molar-refractivity contribution in [1.29, 1.82) is 0 Å². The van der Waals surface area contributed by atoms with E-state index in [1.54, 1.807) is 14.2 Å². The third-order valence-electron chi connectivity index (χ3n) is 4.85. The smallest absolute Gasteiger partial charge is 0.239 e. The summed E-state index contributed by atoms with van der Waals surface area (Å²) in [4.78, 5) is 16.1. The Balaban J connectivity index is 1.58. The second-order valence-electron chi connectivity index (χ2n) is 6.77. The number of amides is 1. The first-order valence-electron chi connectivity index (χ1n) is 9.55. The molecule has 1 fully saturated rings. The highest BCUT2D eigenvalue weighted by molar-refractivity contribution is 5.86. The summed E-state index contributed by atoms with van der Waals surface area (Å²) in [5.41, 5.74) is 1.04. The third-order valence-corrected chi connectivity index (χ3v) is 4.85. The Hall–Kier alpha value is -2.24. The van der Waals surface area contributed by atoms with Crippen molar-refractivity contribution in [1.82, 2.24) is 16.0 Å². The van der Waals surface area contributed by atoms with Crippen LogP contribution in [0, 0.1) is 5.92 Å². The Morgan fingerprint density at radius 1 is 1.15 bits per heavy atom. The van der Waals surface area contributed by atoms with Gasteiger partial charge in [-0.15, -0.1) is 0 Å². The van der Waals surface area contributed by atoms with E-state index in [9.17, 15) is 4.79 Å². The first-order valence-corrected chi connectivity index (χ1v) is 9.55. The summed E-state index contributed by atoms with van der Waals surface area (Å²) in [5.74, 6) is 2.34. The summed E-state index contributed by atoms with van der Waals surface area (Å²) >= 11 is 0. The Kier molecular flexibility index (Phi) is 8.79. The van der Waals surface area contributed by atoms with Gasteiger partial charge < -0.3 is 20.7 Å². The third kappa shape index (κ3) is 7.33. The van der Waals surface area contributed by atoms with Gasteiger partial charge in [-0.3, -0.25) is 9.79 Å². The van der Waals surface area contributed by atoms with E-state index in [0.29, 0.717) is 12.5 Å². The number of hydrogen-bond donors (Lipinski definition) is 3. The van der Waals surface area contributed by atoms with Gasteiger partial charge in [0.2, 0.25) is 5.91 Å². The Bertz CT molecular complexity index is 566. The predicted molar refractivity (Wildman–Crippen MR) is 105 cm³/mol. The SMILES string of the molecule is CN=C(NCCCC1CCCC1)NCC(=O)NCc1ccc(OC)cc1. The molecule has 6 heteroatoms. The average molecular weight is 361 g/mol. The van der Waals surface area contributed by atoms with Crippen LogP contribution in [0.5, 0.6) is 5.75 Å². The van der Waals surface area contributed by atoms with Crippen LogP contribution in [0.25, 0.3) is 0 Å². The van der Waals surface area contributed by atoms with Crippen molar-refractivity contribution in [3.8, 4) is 5.75 Å². The number of ether oxygens (including phenoxy) is 1. The second kappa shape index (κ2) is 11.4. The van der Waals surface area contributed by atoms with Crippen LogP contribution in [0.4, 0.5) is 0 Å². The number of carbonyl (C=O) groups is 1. The molecule has 0 aliphatic heterocycles. The quantitative estimate of drug-likeness (QED) is 0.359. The number of rotatable bonds is 9. The summed E-state index contributed by atoms with van der Waals surface area (Å²) in [6.45, 7) is 1.60. The van der Waals surface area contributed by atoms with Crippen LogP contribution in [0.1, 0.15) is 44.1 Å². The van der Waals surface area contributed by atoms with Gasteiger partial charge in [0, 0.05) is 20.1 Å². The lowest BCUT2D eigenvalue weighted by Gasteiger charge is -2.13. The molecule has 0 saturated heterocycles. The van der Waals surface area contributed by atoms with Crippen LogP contribution in [0.2, 0.25) is 0 Å². The Morgan fingerprint density at radius 3 is 2.54 bits per heavy atom. The molecule has 1 saturated carbocycles. The summed E-state index contributed by atoms with van der Waals surface area (Å²) < 4.78 is 5.12. The summed E-state index contributed by atoms with van der Waals surface area (Å²) in [6, 6.07) is 7.66. The molecule has 0 spiro atoms. The molecule has 0 bridgehead atoms. The molecule has 0 radical (unpaired) electrons. The highest BCUT2D eigenvalue weighted by Gasteiger charge is 2.14. The van der Waals surface area contributed by atoms with Gasteiger partial charge >= 0.3 is 0 Å². The molecule has 144 valence electrons. The minimum absolute atomic E-state index is 0.0604. The molecule has 1 aromatic rings. The maximum atomic E-state index is 12.0. The van der Waals surface area contributed by atoms with E-state index >= 15 is 0 Å². The van der Waals surface area contributed by atoms with Gasteiger partial charge in [-0.05, 0) is 36.5 Å². The lowest BCUT2D eigenvalue weighted by atomic mass is 10.0. The molecule has 1 aliphatic carbocycles. The number of guanidine groups is 1. The first-order chi connectivity index (χ1) is 12.7. The standard InChI is InChI=1S/C20H32N4O2/c1-21-20(22-13-5-8-16-6-3-4-7-16)24-15-19(25)23-14-17-9-11-18(26-2)12-10-17/h9-12,16H,3-8,13-15H2,1-2H3,(H,23,25)(H2,21,22,24). The monoisotopic (exact) mass is 360 g/mol. The number of methoxy groups -OCH3 is 1. The first kappa shape index (κ1) is 20.1. The Morgan fingerprint density at radius 2 is 1.88 bits per heavy atom. The van der Waals surface area contributed by atoms with Crippen molar-refractivity contribution in [3.05, 3.63) is 29.8 Å². The highest BCUT2D eigenvalue weighted by Crippen LogP contribution is 2.28. The minimum atomic E-state index is -0.0604. The van der Waals surface area contributed by atoms with Gasteiger partial charge in [-0.25, -0.2) is 0 Å². The van der Waals surface area contributed by atoms with E-state index in [-0.39, 0.29) is 12.5 Å². The van der Waals surface area contributed by atoms with E-state index in [0.717, 1.165) is 30.2 Å². The number of benzene rings is 1. The lowest BCUT2D eigenvalue weighted by molar-refractivity contribution is -0.120. The molecule has 0 heterocycles. The zero-order valence-electron chi connectivity index (χ0n) is 16.0. The summed E-state index contributed by atoms with van der Waals surface area (Å²) in [5, 5.41) is 9.23. The van der Waals surface area contributed by atoms with Crippen molar-refractivity contribution in [2.75, 3.05) is 27.2 Å². The van der Waals surface area contributed by atoms with Crippen molar-refractivity contribution in [2.45, 2.75) is 45.1 Å². The molecule has 2 rings (SSSR count). The van der Waals surface area contributed by atoms with E-state index < -0.39 is 0 Å². The molecule has 1 aliphatic rings. The molecule has 26 heavy (non-hydrogen) atoms. The van der Waals surface area contributed by atoms with Crippen molar-refractivity contribution >= 4 is 11.9 Å². The van der Waals surface area contributed by atoms with E-state index in [1.807, 2.05) is 24.3 Å². The molecule has 1 aromatic carbocycles. The van der Waals surface area contributed by atoms with Crippen molar-refractivity contribution in [3.63, 3.8) is 0 Å². The van der Waals surface area contributed by atoms with Crippen LogP contribution in [0.3, 0.4) is 0 Å². The zero-order valence-corrected chi connectivity index (χ0v) is 16.0. The highest BCUT2D eigenvalue weighted by atomic mass is 16.5. The number of carbonyl (C=O) groups excluding carboxylic acids is 1. The zero-order chi connectivity index (χ0) is 18.6. The van der Waals surface area contributed by atoms with Gasteiger partial charge in [0.05, 0.1) is 13.7 Å². The van der Waals surface area contributed by atoms with Crippen molar-refractivity contribution in [2.24, 2.45) is 10.9 Å². The Labute approximate surface area is 156 Å². The lowest BCUT2D eigenvalue weighted by Crippen LogP contribution is -2.43. The minimum Gasteiger partial charge on any atom is -0.497 e. The van der Waals surface area contributed by atoms with E-state index in [1.165, 1.54) is 32.1 Å². The van der Waals surface area contributed by atoms with Crippen LogP contribution in [-0.2, 0) is 11.3 Å². The molecule has 0 atom stereocenters. The molecular formula is C20H32N4O2. The molecular weight excluding hydrogens is 328 g/mol. The van der Waals surface area contributed by atoms with Crippen LogP contribution < -0.4 is 20.7 Å². The largest absolute Gasteiger partial charge is 0.497 e. The van der Waals surface area contributed by atoms with E-state index in [2.05, 4.69) is 20.9 Å². The van der Waals surface area contributed by atoms with Crippen molar-refractivity contribution < 1.29 is 9.53 Å². The van der Waals surface area contributed by atoms with Gasteiger partial charge in [-0.2, -0.15) is 0 Å². The summed E-state index contributed by atoms with van der Waals surface area (Å²) in [7, 11) is 3.36. The average Bonchev–Trinajstić information content (AvgIpc) is 3.19. The number of hydrogen-bond acceptors (Lipinski definition) is 3. The fourth-order valence-electron chi connectivity index (χ4n) is 3.29. The molecule has 1 amide bonds.